The van der Waals surface area contributed by atoms with E-state index >= 15 is 0 Å². The van der Waals surface area contributed by atoms with Gasteiger partial charge < -0.3 is 15.4 Å². The lowest BCUT2D eigenvalue weighted by molar-refractivity contribution is -0.136. The fourth-order valence-electron chi connectivity index (χ4n) is 4.15. The average Bonchev–Trinajstić information content (AvgIpc) is 3.17. The first-order valence-electron chi connectivity index (χ1n) is 10.4. The van der Waals surface area contributed by atoms with Gasteiger partial charge in [-0.1, -0.05) is 12.1 Å². The smallest absolute Gasteiger partial charge is 0.417 e. The van der Waals surface area contributed by atoms with E-state index in [1.165, 1.54) is 0 Å². The summed E-state index contributed by atoms with van der Waals surface area (Å²) < 4.78 is 46.1. The number of likely N-dealkylation sites (tertiary alicyclic amines) is 1. The molecule has 1 aliphatic rings. The SMILES string of the molecule is COc1ccc(CCC(=O)N2CCC[C@@H](c3cc(C(F)(F)F)c4c(N)[nH]nc4n3)C2)cc1. The van der Waals surface area contributed by atoms with Gasteiger partial charge in [0.15, 0.2) is 5.65 Å². The van der Waals surface area contributed by atoms with E-state index in [2.05, 4.69) is 15.2 Å². The Bertz CT molecular complexity index is 1110. The number of amides is 1. The van der Waals surface area contributed by atoms with Crippen LogP contribution in [0.2, 0.25) is 0 Å². The van der Waals surface area contributed by atoms with Gasteiger partial charge in [-0.05, 0) is 43.0 Å². The maximum absolute atomic E-state index is 13.6. The molecule has 0 saturated carbocycles. The van der Waals surface area contributed by atoms with Gasteiger partial charge in [-0.3, -0.25) is 9.89 Å². The van der Waals surface area contributed by atoms with Crippen molar-refractivity contribution in [3.05, 3.63) is 47.2 Å². The number of aromatic amines is 1. The molecular weight excluding hydrogens is 423 g/mol. The summed E-state index contributed by atoms with van der Waals surface area (Å²) in [6.45, 7) is 0.916. The number of carbonyl (C=O) groups excluding carboxylic acids is 1. The number of alkyl halides is 3. The molecule has 3 heterocycles. The lowest BCUT2D eigenvalue weighted by Crippen LogP contribution is -2.39. The highest BCUT2D eigenvalue weighted by atomic mass is 19.4. The predicted molar refractivity (Wildman–Crippen MR) is 113 cm³/mol. The first-order valence-corrected chi connectivity index (χ1v) is 10.4. The third-order valence-electron chi connectivity index (χ3n) is 5.86. The Morgan fingerprint density at radius 3 is 2.75 bits per heavy atom. The standard InChI is InChI=1S/C22H24F3N5O2/c1-32-15-7-4-13(5-8-15)6-9-18(31)30-10-2-3-14(12-30)17-11-16(22(23,24)25)19-20(26)28-29-21(19)27-17/h4-5,7-8,11,14H,2-3,6,9-10,12H2,1H3,(H3,26,27,28,29)/t14-/m1/s1. The van der Waals surface area contributed by atoms with E-state index in [1.54, 1.807) is 12.0 Å². The molecule has 7 nitrogen and oxygen atoms in total. The molecule has 1 aliphatic heterocycles. The van der Waals surface area contributed by atoms with Crippen LogP contribution in [0.5, 0.6) is 5.75 Å². The number of carbonyl (C=O) groups is 1. The number of nitrogen functional groups attached to an aromatic ring is 1. The summed E-state index contributed by atoms with van der Waals surface area (Å²) in [5.41, 5.74) is 6.03. The molecule has 3 aromatic rings. The molecule has 10 heteroatoms. The minimum Gasteiger partial charge on any atom is -0.497 e. The monoisotopic (exact) mass is 447 g/mol. The van der Waals surface area contributed by atoms with Crippen molar-refractivity contribution >= 4 is 22.8 Å². The predicted octanol–water partition coefficient (Wildman–Crippen LogP) is 3.91. The van der Waals surface area contributed by atoms with E-state index in [-0.39, 0.29) is 34.4 Å². The number of piperidine rings is 1. The van der Waals surface area contributed by atoms with E-state index in [4.69, 9.17) is 10.5 Å². The number of aryl methyl sites for hydroxylation is 1. The zero-order valence-corrected chi connectivity index (χ0v) is 17.6. The van der Waals surface area contributed by atoms with Crippen molar-refractivity contribution in [3.8, 4) is 5.75 Å². The van der Waals surface area contributed by atoms with Crippen LogP contribution in [0.3, 0.4) is 0 Å². The Hall–Kier alpha value is -3.30. The Labute approximate surface area is 182 Å². The van der Waals surface area contributed by atoms with Crippen LogP contribution in [0.4, 0.5) is 19.0 Å². The van der Waals surface area contributed by atoms with E-state index in [0.717, 1.165) is 17.4 Å². The number of nitrogens with zero attached hydrogens (tertiary/aromatic N) is 3. The second-order valence-electron chi connectivity index (χ2n) is 7.96. The number of fused-ring (bicyclic) bond motifs is 1. The number of rotatable bonds is 5. The van der Waals surface area contributed by atoms with Crippen LogP contribution in [0.15, 0.2) is 30.3 Å². The molecule has 1 aromatic carbocycles. The van der Waals surface area contributed by atoms with E-state index in [1.807, 2.05) is 24.3 Å². The largest absolute Gasteiger partial charge is 0.497 e. The van der Waals surface area contributed by atoms with Crippen molar-refractivity contribution in [2.24, 2.45) is 0 Å². The molecule has 1 fully saturated rings. The molecule has 1 atom stereocenters. The molecule has 170 valence electrons. The van der Waals surface area contributed by atoms with Crippen molar-refractivity contribution in [3.63, 3.8) is 0 Å². The zero-order valence-electron chi connectivity index (χ0n) is 17.6. The van der Waals surface area contributed by atoms with E-state index in [0.29, 0.717) is 38.8 Å². The number of benzene rings is 1. The number of nitrogens with one attached hydrogen (secondary N) is 1. The molecule has 0 aliphatic carbocycles. The third-order valence-corrected chi connectivity index (χ3v) is 5.86. The number of hydrogen-bond donors (Lipinski definition) is 2. The summed E-state index contributed by atoms with van der Waals surface area (Å²) in [6, 6.07) is 8.57. The van der Waals surface area contributed by atoms with Crippen LogP contribution in [0.25, 0.3) is 11.0 Å². The molecule has 0 bridgehead atoms. The minimum absolute atomic E-state index is 0.0216. The maximum atomic E-state index is 13.6. The van der Waals surface area contributed by atoms with Crippen LogP contribution < -0.4 is 10.5 Å². The number of pyridine rings is 1. The Morgan fingerprint density at radius 1 is 1.31 bits per heavy atom. The van der Waals surface area contributed by atoms with Crippen molar-refractivity contribution in [1.82, 2.24) is 20.1 Å². The van der Waals surface area contributed by atoms with Gasteiger partial charge in [0.05, 0.1) is 18.1 Å². The van der Waals surface area contributed by atoms with Gasteiger partial charge in [0.2, 0.25) is 5.91 Å². The van der Waals surface area contributed by atoms with Gasteiger partial charge in [-0.25, -0.2) is 4.98 Å². The first-order chi connectivity index (χ1) is 15.3. The van der Waals surface area contributed by atoms with Gasteiger partial charge in [-0.2, -0.15) is 18.3 Å². The minimum atomic E-state index is -4.59. The second kappa shape index (κ2) is 8.68. The summed E-state index contributed by atoms with van der Waals surface area (Å²) in [6.07, 6.45) is -2.33. The number of nitrogens with two attached hydrogens (primary N) is 1. The molecule has 0 unspecified atom stereocenters. The normalized spacial score (nSPS) is 17.0. The van der Waals surface area contributed by atoms with Gasteiger partial charge in [0, 0.05) is 31.1 Å². The van der Waals surface area contributed by atoms with Gasteiger partial charge >= 0.3 is 6.18 Å². The Balaban J connectivity index is 1.48. The highest BCUT2D eigenvalue weighted by Crippen LogP contribution is 2.38. The quantitative estimate of drug-likeness (QED) is 0.618. The summed E-state index contributed by atoms with van der Waals surface area (Å²) in [7, 11) is 1.59. The molecule has 0 spiro atoms. The second-order valence-corrected chi connectivity index (χ2v) is 7.96. The number of halogens is 3. The summed E-state index contributed by atoms with van der Waals surface area (Å²) in [5, 5.41) is 5.99. The van der Waals surface area contributed by atoms with Crippen molar-refractivity contribution in [2.45, 2.75) is 37.8 Å². The van der Waals surface area contributed by atoms with Crippen molar-refractivity contribution < 1.29 is 22.7 Å². The van der Waals surface area contributed by atoms with Crippen LogP contribution in [0.1, 0.15) is 42.0 Å². The summed E-state index contributed by atoms with van der Waals surface area (Å²) in [5.74, 6) is 0.273. The highest BCUT2D eigenvalue weighted by Gasteiger charge is 2.36. The van der Waals surface area contributed by atoms with Crippen LogP contribution in [-0.4, -0.2) is 46.2 Å². The molecule has 32 heavy (non-hydrogen) atoms. The third kappa shape index (κ3) is 4.49. The lowest BCUT2D eigenvalue weighted by atomic mass is 9.92. The maximum Gasteiger partial charge on any atom is 0.417 e. The first kappa shape index (κ1) is 21.9. The number of hydrogen-bond acceptors (Lipinski definition) is 5. The molecule has 3 N–H and O–H groups in total. The average molecular weight is 447 g/mol. The molecule has 4 rings (SSSR count). The number of ether oxygens (including phenoxy) is 1. The number of methoxy groups -OCH3 is 1. The zero-order chi connectivity index (χ0) is 22.9. The van der Waals surface area contributed by atoms with Gasteiger partial charge in [-0.15, -0.1) is 0 Å². The number of anilines is 1. The molecule has 2 aromatic heterocycles. The van der Waals surface area contributed by atoms with E-state index in [9.17, 15) is 18.0 Å². The Morgan fingerprint density at radius 2 is 2.06 bits per heavy atom. The highest BCUT2D eigenvalue weighted by molar-refractivity contribution is 5.89. The fourth-order valence-corrected chi connectivity index (χ4v) is 4.15. The number of aromatic nitrogens is 3. The molecule has 1 saturated heterocycles. The van der Waals surface area contributed by atoms with Crippen LogP contribution in [0, 0.1) is 0 Å². The van der Waals surface area contributed by atoms with Crippen LogP contribution in [-0.2, 0) is 17.4 Å². The van der Waals surface area contributed by atoms with Gasteiger partial charge in [0.1, 0.15) is 11.6 Å². The topological polar surface area (TPSA) is 97.1 Å². The Kier molecular flexibility index (Phi) is 5.94. The van der Waals surface area contributed by atoms with Gasteiger partial charge in [0.25, 0.3) is 0 Å². The summed E-state index contributed by atoms with van der Waals surface area (Å²) >= 11 is 0. The fraction of sp³-hybridized carbons (Fsp3) is 0.409. The van der Waals surface area contributed by atoms with Crippen molar-refractivity contribution in [1.29, 1.82) is 0 Å². The molecular formula is C22H24F3N5O2. The number of H-pyrrole nitrogens is 1. The molecule has 0 radical (unpaired) electrons. The lowest BCUT2D eigenvalue weighted by Gasteiger charge is -2.33. The summed E-state index contributed by atoms with van der Waals surface area (Å²) in [4.78, 5) is 18.8. The van der Waals surface area contributed by atoms with Crippen LogP contribution >= 0.6 is 0 Å². The van der Waals surface area contributed by atoms with E-state index < -0.39 is 11.7 Å². The molecule has 1 amide bonds. The van der Waals surface area contributed by atoms with Crippen molar-refractivity contribution in [2.75, 3.05) is 25.9 Å².